The molecule has 0 spiro atoms. The number of aliphatic hydroxyl groups excluding tert-OH is 1. The van der Waals surface area contributed by atoms with Gasteiger partial charge in [-0.2, -0.15) is 0 Å². The average Bonchev–Trinajstić information content (AvgIpc) is 2.60. The number of aromatic nitrogens is 1. The molecule has 2 N–H and O–H groups in total. The van der Waals surface area contributed by atoms with E-state index in [1.807, 2.05) is 6.92 Å². The smallest absolute Gasteiger partial charge is 0.253 e. The van der Waals surface area contributed by atoms with Crippen molar-refractivity contribution in [2.24, 2.45) is 0 Å². The summed E-state index contributed by atoms with van der Waals surface area (Å²) in [6, 6.07) is 3.51. The molecule has 1 aliphatic rings. The molecule has 3 atom stereocenters. The van der Waals surface area contributed by atoms with Gasteiger partial charge in [0.2, 0.25) is 0 Å². The quantitative estimate of drug-likeness (QED) is 0.763. The van der Waals surface area contributed by atoms with Gasteiger partial charge in [0.05, 0.1) is 18.3 Å². The molecule has 0 radical (unpaired) electrons. The van der Waals surface area contributed by atoms with Gasteiger partial charge in [-0.15, -0.1) is 0 Å². The zero-order valence-corrected chi connectivity index (χ0v) is 8.64. The summed E-state index contributed by atoms with van der Waals surface area (Å²) in [7, 11) is 0. The number of nitrogens with one attached hydrogen (secondary N) is 1. The Labute approximate surface area is 87.9 Å². The minimum absolute atomic E-state index is 0.133. The van der Waals surface area contributed by atoms with Gasteiger partial charge in [0, 0.05) is 18.2 Å². The first kappa shape index (κ1) is 10.4. The maximum Gasteiger partial charge on any atom is 0.253 e. The topological polar surface area (TPSA) is 62.3 Å². The Morgan fingerprint density at radius 3 is 3.07 bits per heavy atom. The second kappa shape index (κ2) is 4.16. The normalized spacial score (nSPS) is 30.7. The van der Waals surface area contributed by atoms with Gasteiger partial charge in [0.15, 0.2) is 0 Å². The summed E-state index contributed by atoms with van der Waals surface area (Å²) < 4.78 is 5.62. The molecule has 1 saturated heterocycles. The highest BCUT2D eigenvalue weighted by molar-refractivity contribution is 5.14. The number of hydrogen-bond acceptors (Lipinski definition) is 3. The van der Waals surface area contributed by atoms with E-state index in [9.17, 15) is 9.90 Å². The lowest BCUT2D eigenvalue weighted by atomic mass is 10.1. The lowest BCUT2D eigenvalue weighted by Crippen LogP contribution is -2.19. The molecule has 1 aliphatic heterocycles. The molecule has 0 aliphatic carbocycles. The van der Waals surface area contributed by atoms with Gasteiger partial charge in [-0.25, -0.2) is 0 Å². The molecule has 4 heteroatoms. The van der Waals surface area contributed by atoms with Gasteiger partial charge in [0.25, 0.3) is 5.56 Å². The summed E-state index contributed by atoms with van der Waals surface area (Å²) in [6.07, 6.45) is 1.99. The van der Waals surface area contributed by atoms with Crippen molar-refractivity contribution in [3.8, 4) is 0 Å². The molecule has 0 aromatic carbocycles. The zero-order valence-electron chi connectivity index (χ0n) is 8.64. The molecule has 0 saturated carbocycles. The van der Waals surface area contributed by atoms with Gasteiger partial charge in [-0.3, -0.25) is 4.79 Å². The number of H-pyrrole nitrogens is 1. The molecule has 4 nitrogen and oxygen atoms in total. The monoisotopic (exact) mass is 209 g/mol. The number of hydrogen-bond donors (Lipinski definition) is 2. The summed E-state index contributed by atoms with van der Waals surface area (Å²) >= 11 is 0. The first-order valence-corrected chi connectivity index (χ1v) is 5.23. The van der Waals surface area contributed by atoms with Gasteiger partial charge >= 0.3 is 0 Å². The fourth-order valence-corrected chi connectivity index (χ4v) is 1.99. The van der Waals surface area contributed by atoms with Crippen molar-refractivity contribution in [3.05, 3.63) is 34.2 Å². The summed E-state index contributed by atoms with van der Waals surface area (Å²) in [5, 5.41) is 9.67. The minimum Gasteiger partial charge on any atom is -0.390 e. The van der Waals surface area contributed by atoms with E-state index in [0.717, 1.165) is 6.42 Å². The van der Waals surface area contributed by atoms with Crippen LogP contribution >= 0.6 is 0 Å². The Hall–Kier alpha value is -1.13. The van der Waals surface area contributed by atoms with Crippen LogP contribution in [0.15, 0.2) is 23.1 Å². The first-order chi connectivity index (χ1) is 7.22. The van der Waals surface area contributed by atoms with E-state index in [0.29, 0.717) is 12.0 Å². The van der Waals surface area contributed by atoms with Gasteiger partial charge in [0.1, 0.15) is 0 Å². The maximum absolute atomic E-state index is 11.5. The third-order valence-corrected chi connectivity index (χ3v) is 2.82. The first-order valence-electron chi connectivity index (χ1n) is 5.23. The molecule has 1 aromatic heterocycles. The third kappa shape index (κ3) is 1.96. The van der Waals surface area contributed by atoms with Gasteiger partial charge in [-0.1, -0.05) is 6.92 Å². The van der Waals surface area contributed by atoms with Crippen LogP contribution in [0, 0.1) is 0 Å². The fraction of sp³-hybridized carbons (Fsp3) is 0.545. The van der Waals surface area contributed by atoms with Crippen LogP contribution in [0.2, 0.25) is 0 Å². The van der Waals surface area contributed by atoms with Crippen molar-refractivity contribution in [3.63, 3.8) is 0 Å². The van der Waals surface area contributed by atoms with Crippen molar-refractivity contribution in [1.82, 2.24) is 4.98 Å². The lowest BCUT2D eigenvalue weighted by molar-refractivity contribution is 0.00735. The van der Waals surface area contributed by atoms with Crippen LogP contribution in [0.1, 0.15) is 31.4 Å². The zero-order chi connectivity index (χ0) is 10.8. The van der Waals surface area contributed by atoms with Crippen LogP contribution in [0.5, 0.6) is 0 Å². The van der Waals surface area contributed by atoms with Crippen LogP contribution in [0.25, 0.3) is 0 Å². The Balaban J connectivity index is 2.21. The van der Waals surface area contributed by atoms with E-state index < -0.39 is 6.10 Å². The summed E-state index contributed by atoms with van der Waals surface area (Å²) in [5.41, 5.74) is 0.471. The molecular weight excluding hydrogens is 194 g/mol. The van der Waals surface area contributed by atoms with Crippen molar-refractivity contribution in [1.29, 1.82) is 0 Å². The summed E-state index contributed by atoms with van der Waals surface area (Å²) in [5.74, 6) is 0. The van der Waals surface area contributed by atoms with Crippen LogP contribution in [0.3, 0.4) is 0 Å². The molecule has 2 rings (SSSR count). The molecule has 2 heterocycles. The third-order valence-electron chi connectivity index (χ3n) is 2.82. The predicted molar refractivity (Wildman–Crippen MR) is 55.6 cm³/mol. The van der Waals surface area contributed by atoms with E-state index in [1.165, 1.54) is 0 Å². The SMILES string of the molecule is CC[C@H]1O[C@@H](c2ccc[nH]c2=O)C[C@H]1O. The molecular formula is C11H15NO3. The summed E-state index contributed by atoms with van der Waals surface area (Å²) in [6.45, 7) is 1.96. The fourth-order valence-electron chi connectivity index (χ4n) is 1.99. The van der Waals surface area contributed by atoms with Crippen LogP contribution < -0.4 is 5.56 Å². The van der Waals surface area contributed by atoms with Crippen molar-refractivity contribution in [2.75, 3.05) is 0 Å². The Bertz CT molecular complexity index is 387. The number of rotatable bonds is 2. The molecule has 0 unspecified atom stereocenters. The van der Waals surface area contributed by atoms with E-state index >= 15 is 0 Å². The number of ether oxygens (including phenoxy) is 1. The van der Waals surface area contributed by atoms with Gasteiger partial charge < -0.3 is 14.8 Å². The van der Waals surface area contributed by atoms with E-state index in [4.69, 9.17) is 4.74 Å². The second-order valence-electron chi connectivity index (χ2n) is 3.83. The Morgan fingerprint density at radius 2 is 2.47 bits per heavy atom. The summed E-state index contributed by atoms with van der Waals surface area (Å²) in [4.78, 5) is 14.1. The van der Waals surface area contributed by atoms with Crippen LogP contribution in [-0.4, -0.2) is 22.3 Å². The Kier molecular flexibility index (Phi) is 2.88. The van der Waals surface area contributed by atoms with Gasteiger partial charge in [-0.05, 0) is 18.6 Å². The number of aromatic amines is 1. The molecule has 82 valence electrons. The second-order valence-corrected chi connectivity index (χ2v) is 3.83. The largest absolute Gasteiger partial charge is 0.390 e. The Morgan fingerprint density at radius 1 is 1.67 bits per heavy atom. The standard InChI is InChI=1S/C11H15NO3/c1-2-9-8(13)6-10(15-9)7-4-3-5-12-11(7)14/h3-5,8-10,13H,2,6H2,1H3,(H,12,14)/t8-,9-,10-/m1/s1. The molecule has 1 aromatic rings. The van der Waals surface area contributed by atoms with Crippen molar-refractivity contribution >= 4 is 0 Å². The van der Waals surface area contributed by atoms with Crippen molar-refractivity contribution in [2.45, 2.75) is 38.1 Å². The molecule has 0 amide bonds. The minimum atomic E-state index is -0.459. The highest BCUT2D eigenvalue weighted by Gasteiger charge is 2.34. The molecule has 15 heavy (non-hydrogen) atoms. The molecule has 1 fully saturated rings. The van der Waals surface area contributed by atoms with E-state index in [2.05, 4.69) is 4.98 Å². The highest BCUT2D eigenvalue weighted by atomic mass is 16.5. The van der Waals surface area contributed by atoms with E-state index in [-0.39, 0.29) is 17.8 Å². The lowest BCUT2D eigenvalue weighted by Gasteiger charge is -2.11. The average molecular weight is 209 g/mol. The number of pyridine rings is 1. The number of aliphatic hydroxyl groups is 1. The van der Waals surface area contributed by atoms with Crippen molar-refractivity contribution < 1.29 is 9.84 Å². The highest BCUT2D eigenvalue weighted by Crippen LogP contribution is 2.32. The van der Waals surface area contributed by atoms with Crippen LogP contribution in [0.4, 0.5) is 0 Å². The van der Waals surface area contributed by atoms with E-state index in [1.54, 1.807) is 18.3 Å². The maximum atomic E-state index is 11.5. The molecule has 0 bridgehead atoms. The predicted octanol–water partition coefficient (Wildman–Crippen LogP) is 0.976. The van der Waals surface area contributed by atoms with Crippen LogP contribution in [-0.2, 0) is 4.74 Å².